The van der Waals surface area contributed by atoms with Crippen LogP contribution in [0, 0.1) is 13.8 Å². The number of nitrogens with one attached hydrogen (secondary N) is 1. The average molecular weight is 406 g/mol. The third kappa shape index (κ3) is 4.07. The van der Waals surface area contributed by atoms with Gasteiger partial charge in [-0.2, -0.15) is 10.2 Å². The zero-order valence-electron chi connectivity index (χ0n) is 16.1. The second-order valence-corrected chi connectivity index (χ2v) is 7.18. The van der Waals surface area contributed by atoms with Crippen molar-refractivity contribution in [2.24, 2.45) is 0 Å². The van der Waals surface area contributed by atoms with E-state index < -0.39 is 0 Å². The zero-order valence-corrected chi connectivity index (χ0v) is 16.9. The van der Waals surface area contributed by atoms with Crippen molar-refractivity contribution in [1.82, 2.24) is 19.6 Å². The summed E-state index contributed by atoms with van der Waals surface area (Å²) in [6, 6.07) is 19.0. The molecule has 0 aliphatic rings. The lowest BCUT2D eigenvalue weighted by atomic mass is 10.1. The van der Waals surface area contributed by atoms with Gasteiger partial charge >= 0.3 is 0 Å². The van der Waals surface area contributed by atoms with Gasteiger partial charge in [0.15, 0.2) is 5.82 Å². The van der Waals surface area contributed by atoms with Gasteiger partial charge in [0.05, 0.1) is 23.5 Å². The van der Waals surface area contributed by atoms with E-state index in [1.54, 1.807) is 10.7 Å². The molecule has 146 valence electrons. The standard InChI is InChI=1S/C22H20ClN5O/c1-15-20(16(2)28(25-15)19-10-8-17(23)9-11-19)14-22(29)24-21-12-13-27(26-21)18-6-4-3-5-7-18/h3-13H,14H2,1-2H3,(H,24,26,29). The van der Waals surface area contributed by atoms with E-state index in [-0.39, 0.29) is 12.3 Å². The molecule has 2 aromatic heterocycles. The second-order valence-electron chi connectivity index (χ2n) is 6.74. The van der Waals surface area contributed by atoms with Crippen LogP contribution in [0.4, 0.5) is 5.82 Å². The smallest absolute Gasteiger partial charge is 0.230 e. The van der Waals surface area contributed by atoms with E-state index in [0.29, 0.717) is 10.8 Å². The Kier molecular flexibility index (Phi) is 5.18. The van der Waals surface area contributed by atoms with Gasteiger partial charge in [0.2, 0.25) is 5.91 Å². The highest BCUT2D eigenvalue weighted by atomic mass is 35.5. The number of hydrogen-bond acceptors (Lipinski definition) is 3. The maximum Gasteiger partial charge on any atom is 0.230 e. The molecular formula is C22H20ClN5O. The number of anilines is 1. The number of para-hydroxylation sites is 1. The summed E-state index contributed by atoms with van der Waals surface area (Å²) in [5, 5.41) is 12.5. The largest absolute Gasteiger partial charge is 0.309 e. The molecule has 0 bridgehead atoms. The highest BCUT2D eigenvalue weighted by Crippen LogP contribution is 2.20. The molecule has 2 heterocycles. The van der Waals surface area contributed by atoms with Crippen molar-refractivity contribution in [3.05, 3.63) is 88.8 Å². The number of carbonyl (C=O) groups is 1. The molecular weight excluding hydrogens is 386 g/mol. The number of aryl methyl sites for hydroxylation is 1. The van der Waals surface area contributed by atoms with E-state index in [0.717, 1.165) is 28.3 Å². The summed E-state index contributed by atoms with van der Waals surface area (Å²) in [7, 11) is 0. The van der Waals surface area contributed by atoms with E-state index >= 15 is 0 Å². The second kappa shape index (κ2) is 7.93. The van der Waals surface area contributed by atoms with Crippen molar-refractivity contribution in [2.75, 3.05) is 5.32 Å². The van der Waals surface area contributed by atoms with Crippen molar-refractivity contribution in [1.29, 1.82) is 0 Å². The van der Waals surface area contributed by atoms with Crippen molar-refractivity contribution in [2.45, 2.75) is 20.3 Å². The molecule has 0 saturated carbocycles. The third-order valence-electron chi connectivity index (χ3n) is 4.73. The molecule has 0 radical (unpaired) electrons. The number of aromatic nitrogens is 4. The topological polar surface area (TPSA) is 64.7 Å². The third-order valence-corrected chi connectivity index (χ3v) is 4.98. The lowest BCUT2D eigenvalue weighted by Gasteiger charge is -2.06. The lowest BCUT2D eigenvalue weighted by Crippen LogP contribution is -2.16. The van der Waals surface area contributed by atoms with Crippen LogP contribution in [0.3, 0.4) is 0 Å². The normalized spacial score (nSPS) is 10.9. The minimum atomic E-state index is -0.134. The molecule has 1 N–H and O–H groups in total. The van der Waals surface area contributed by atoms with Crippen LogP contribution in [0.15, 0.2) is 66.9 Å². The number of rotatable bonds is 5. The van der Waals surface area contributed by atoms with Gasteiger partial charge in [0.25, 0.3) is 0 Å². The summed E-state index contributed by atoms with van der Waals surface area (Å²) in [6.45, 7) is 3.87. The molecule has 2 aromatic carbocycles. The van der Waals surface area contributed by atoms with Crippen LogP contribution in [-0.4, -0.2) is 25.5 Å². The Labute approximate surface area is 173 Å². The molecule has 0 aliphatic heterocycles. The Morgan fingerprint density at radius 2 is 1.69 bits per heavy atom. The summed E-state index contributed by atoms with van der Waals surface area (Å²) in [5.41, 5.74) is 4.49. The van der Waals surface area contributed by atoms with Gasteiger partial charge < -0.3 is 5.32 Å². The van der Waals surface area contributed by atoms with E-state index in [1.165, 1.54) is 0 Å². The number of carbonyl (C=O) groups excluding carboxylic acids is 1. The van der Waals surface area contributed by atoms with Gasteiger partial charge in [-0.15, -0.1) is 0 Å². The molecule has 0 aliphatic carbocycles. The molecule has 0 unspecified atom stereocenters. The van der Waals surface area contributed by atoms with Crippen LogP contribution >= 0.6 is 11.6 Å². The molecule has 0 fully saturated rings. The van der Waals surface area contributed by atoms with Gasteiger partial charge in [-0.25, -0.2) is 9.36 Å². The first-order valence-corrected chi connectivity index (χ1v) is 9.61. The number of benzene rings is 2. The zero-order chi connectivity index (χ0) is 20.4. The molecule has 29 heavy (non-hydrogen) atoms. The highest BCUT2D eigenvalue weighted by Gasteiger charge is 2.16. The Hall–Kier alpha value is -3.38. The molecule has 6 nitrogen and oxygen atoms in total. The van der Waals surface area contributed by atoms with Gasteiger partial charge in [0, 0.05) is 28.5 Å². The van der Waals surface area contributed by atoms with Crippen LogP contribution in [-0.2, 0) is 11.2 Å². The maximum absolute atomic E-state index is 12.6. The Morgan fingerprint density at radius 3 is 2.41 bits per heavy atom. The summed E-state index contributed by atoms with van der Waals surface area (Å²) in [5.74, 6) is 0.379. The van der Waals surface area contributed by atoms with Crippen LogP contribution in [0.2, 0.25) is 5.02 Å². The van der Waals surface area contributed by atoms with E-state index in [9.17, 15) is 4.79 Å². The first-order valence-electron chi connectivity index (χ1n) is 9.23. The SMILES string of the molecule is Cc1nn(-c2ccc(Cl)cc2)c(C)c1CC(=O)Nc1ccn(-c2ccccc2)n1. The first-order chi connectivity index (χ1) is 14.0. The molecule has 7 heteroatoms. The van der Waals surface area contributed by atoms with Crippen molar-refractivity contribution < 1.29 is 4.79 Å². The minimum absolute atomic E-state index is 0.134. The van der Waals surface area contributed by atoms with Gasteiger partial charge in [-0.1, -0.05) is 29.8 Å². The van der Waals surface area contributed by atoms with Gasteiger partial charge in [-0.05, 0) is 50.2 Å². The van der Waals surface area contributed by atoms with Crippen molar-refractivity contribution in [3.63, 3.8) is 0 Å². The molecule has 0 spiro atoms. The summed E-state index contributed by atoms with van der Waals surface area (Å²) >= 11 is 5.97. The monoisotopic (exact) mass is 405 g/mol. The Bertz CT molecular complexity index is 1150. The lowest BCUT2D eigenvalue weighted by molar-refractivity contribution is -0.115. The predicted octanol–water partition coefficient (Wildman–Crippen LogP) is 4.51. The summed E-state index contributed by atoms with van der Waals surface area (Å²) < 4.78 is 3.56. The maximum atomic E-state index is 12.6. The fourth-order valence-corrected chi connectivity index (χ4v) is 3.35. The van der Waals surface area contributed by atoms with E-state index in [4.69, 9.17) is 11.6 Å². The van der Waals surface area contributed by atoms with Crippen LogP contribution in [0.25, 0.3) is 11.4 Å². The fourth-order valence-electron chi connectivity index (χ4n) is 3.23. The average Bonchev–Trinajstić information content (AvgIpc) is 3.29. The number of hydrogen-bond donors (Lipinski definition) is 1. The Balaban J connectivity index is 1.49. The van der Waals surface area contributed by atoms with E-state index in [1.807, 2.05) is 79.3 Å². The summed E-state index contributed by atoms with van der Waals surface area (Å²) in [4.78, 5) is 12.6. The van der Waals surface area contributed by atoms with Crippen LogP contribution in [0.1, 0.15) is 17.0 Å². The number of amides is 1. The molecule has 4 rings (SSSR count). The number of nitrogens with zero attached hydrogens (tertiary/aromatic N) is 4. The highest BCUT2D eigenvalue weighted by molar-refractivity contribution is 6.30. The molecule has 4 aromatic rings. The minimum Gasteiger partial charge on any atom is -0.309 e. The molecule has 1 amide bonds. The van der Waals surface area contributed by atoms with Crippen molar-refractivity contribution in [3.8, 4) is 11.4 Å². The van der Waals surface area contributed by atoms with Crippen molar-refractivity contribution >= 4 is 23.3 Å². The summed E-state index contributed by atoms with van der Waals surface area (Å²) in [6.07, 6.45) is 2.05. The quantitative estimate of drug-likeness (QED) is 0.531. The number of halogens is 1. The Morgan fingerprint density at radius 1 is 0.966 bits per heavy atom. The predicted molar refractivity (Wildman–Crippen MR) is 114 cm³/mol. The fraction of sp³-hybridized carbons (Fsp3) is 0.136. The first kappa shape index (κ1) is 19.0. The van der Waals surface area contributed by atoms with Crippen LogP contribution < -0.4 is 5.32 Å². The van der Waals surface area contributed by atoms with Gasteiger partial charge in [0.1, 0.15) is 0 Å². The van der Waals surface area contributed by atoms with Crippen LogP contribution in [0.5, 0.6) is 0 Å². The van der Waals surface area contributed by atoms with E-state index in [2.05, 4.69) is 15.5 Å². The molecule has 0 atom stereocenters. The van der Waals surface area contributed by atoms with Gasteiger partial charge in [-0.3, -0.25) is 4.79 Å². The molecule has 0 saturated heterocycles.